The number of hydrogen-bond donors (Lipinski definition) is 0. The second kappa shape index (κ2) is 9.12. The van der Waals surface area contributed by atoms with Crippen LogP contribution < -0.4 is 24.8 Å². The number of rotatable bonds is 2. The van der Waals surface area contributed by atoms with Gasteiger partial charge in [-0.25, -0.2) is 0 Å². The Balaban J connectivity index is 0.00000140. The molecule has 0 nitrogen and oxygen atoms in total. The zero-order chi connectivity index (χ0) is 18.9. The molecule has 0 aromatic heterocycles. The maximum atomic E-state index is 2.60. The Labute approximate surface area is 199 Å². The van der Waals surface area contributed by atoms with Crippen LogP contribution in [-0.2, 0) is 20.1 Å². The van der Waals surface area contributed by atoms with Gasteiger partial charge in [-0.3, -0.25) is 0 Å². The average molecular weight is 634 g/mol. The normalized spacial score (nSPS) is 25.2. The van der Waals surface area contributed by atoms with Crippen LogP contribution >= 0.6 is 23.5 Å². The van der Waals surface area contributed by atoms with Gasteiger partial charge in [-0.2, -0.15) is 0 Å². The van der Waals surface area contributed by atoms with Crippen molar-refractivity contribution in [3.05, 3.63) is 62.1 Å². The molecule has 28 heavy (non-hydrogen) atoms. The molecule has 0 aromatic rings. The van der Waals surface area contributed by atoms with E-state index in [4.69, 9.17) is 0 Å². The quantitative estimate of drug-likeness (QED) is 0.419. The Kier molecular flexibility index (Phi) is 8.17. The summed E-state index contributed by atoms with van der Waals surface area (Å²) in [6, 6.07) is 0. The van der Waals surface area contributed by atoms with Crippen LogP contribution in [0.2, 0.25) is 13.1 Å². The van der Waals surface area contributed by atoms with Crippen molar-refractivity contribution in [1.82, 2.24) is 0 Å². The third-order valence-corrected chi connectivity index (χ3v) is 32.8. The molecule has 6 heteroatoms. The van der Waals surface area contributed by atoms with Crippen LogP contribution in [0.4, 0.5) is 0 Å². The molecule has 4 rings (SSSR count). The summed E-state index contributed by atoms with van der Waals surface area (Å²) in [6.45, 7) is 19.6. The van der Waals surface area contributed by atoms with Crippen LogP contribution in [0.15, 0.2) is 62.1 Å². The first kappa shape index (κ1) is 25.1. The van der Waals surface area contributed by atoms with Crippen molar-refractivity contribution >= 4 is 29.0 Å². The van der Waals surface area contributed by atoms with Gasteiger partial charge in [-0.1, -0.05) is 0 Å². The molecule has 150 valence electrons. The van der Waals surface area contributed by atoms with E-state index in [1.54, 1.807) is 43.2 Å². The van der Waals surface area contributed by atoms with Crippen molar-refractivity contribution in [1.29, 1.82) is 0 Å². The van der Waals surface area contributed by atoms with Gasteiger partial charge < -0.3 is 24.8 Å². The standard InChI is InChI=1S/2C10H11S.C2H6Si.2ClH.Hf/c2*1-6-4-9-7(2)8(3)11-10(9)5-6;1-3-2;;;/h2*5,8H,1-3H3;1-2H3;2*1H;/q;;;;;+2/p-2. The second-order valence-electron chi connectivity index (χ2n) is 8.14. The minimum Gasteiger partial charge on any atom is -1.00 e. The number of halogens is 2. The van der Waals surface area contributed by atoms with Gasteiger partial charge in [0.1, 0.15) is 0 Å². The summed E-state index contributed by atoms with van der Waals surface area (Å²) in [5, 5.41) is 1.32. The molecule has 0 bridgehead atoms. The topological polar surface area (TPSA) is 0 Å². The van der Waals surface area contributed by atoms with Gasteiger partial charge in [0.15, 0.2) is 0 Å². The first-order chi connectivity index (χ1) is 12.2. The van der Waals surface area contributed by atoms with E-state index < -0.39 is 20.1 Å². The van der Waals surface area contributed by atoms with Crippen molar-refractivity contribution in [2.45, 2.75) is 65.1 Å². The van der Waals surface area contributed by atoms with Crippen LogP contribution in [0.25, 0.3) is 0 Å². The molecule has 0 N–H and O–H groups in total. The fourth-order valence-electron chi connectivity index (χ4n) is 4.53. The summed E-state index contributed by atoms with van der Waals surface area (Å²) in [5.74, 6) is 0. The van der Waals surface area contributed by atoms with E-state index in [0.29, 0.717) is 10.5 Å². The number of fused-ring (bicyclic) bond motifs is 2. The van der Waals surface area contributed by atoms with E-state index in [1.165, 1.54) is 0 Å². The fourth-order valence-corrected chi connectivity index (χ4v) is 33.3. The molecule has 0 fully saturated rings. The van der Waals surface area contributed by atoms with E-state index >= 15 is 0 Å². The zero-order valence-corrected chi connectivity index (χ0v) is 25.6. The predicted octanol–water partition coefficient (Wildman–Crippen LogP) is 1.11. The van der Waals surface area contributed by atoms with E-state index in [-0.39, 0.29) is 30.3 Å². The largest absolute Gasteiger partial charge is 1.00 e. The molecule has 2 aliphatic carbocycles. The smallest absolute Gasteiger partial charge is 1.00 e. The van der Waals surface area contributed by atoms with Crippen molar-refractivity contribution in [2.24, 2.45) is 0 Å². The first-order valence-electron chi connectivity index (χ1n) is 9.52. The van der Waals surface area contributed by atoms with Crippen molar-refractivity contribution in [3.63, 3.8) is 0 Å². The third kappa shape index (κ3) is 3.77. The van der Waals surface area contributed by atoms with Crippen LogP contribution in [0.1, 0.15) is 41.5 Å². The van der Waals surface area contributed by atoms with E-state index in [0.717, 1.165) is 0 Å². The summed E-state index contributed by atoms with van der Waals surface area (Å²) in [7, 11) is 0. The monoisotopic (exact) mass is 634 g/mol. The summed E-state index contributed by atoms with van der Waals surface area (Å²) in [4.78, 5) is 3.16. The van der Waals surface area contributed by atoms with Crippen molar-refractivity contribution in [2.75, 3.05) is 0 Å². The number of allylic oxidation sites excluding steroid dienone is 8. The molecule has 0 aromatic carbocycles. The molecule has 2 aliphatic heterocycles. The zero-order valence-electron chi connectivity index (χ0n) is 17.9. The number of thioether (sulfide) groups is 2. The van der Waals surface area contributed by atoms with Gasteiger partial charge in [0.2, 0.25) is 0 Å². The molecule has 0 spiro atoms. The molecule has 2 atom stereocenters. The Morgan fingerprint density at radius 2 is 1.11 bits per heavy atom. The van der Waals surface area contributed by atoms with Gasteiger partial charge in [-0.05, 0) is 0 Å². The Morgan fingerprint density at radius 1 is 0.750 bits per heavy atom. The molecule has 0 saturated heterocycles. The van der Waals surface area contributed by atoms with Gasteiger partial charge in [-0.15, -0.1) is 0 Å². The Bertz CT molecular complexity index is 900. The van der Waals surface area contributed by atoms with Crippen LogP contribution in [0.3, 0.4) is 0 Å². The van der Waals surface area contributed by atoms with Crippen LogP contribution in [-0.4, -0.2) is 16.0 Å². The minimum absolute atomic E-state index is 0. The number of hydrogen-bond acceptors (Lipinski definition) is 2. The van der Waals surface area contributed by atoms with Gasteiger partial charge in [0.05, 0.1) is 0 Å². The maximum absolute atomic E-state index is 2.60. The Hall–Kier alpha value is 0.807. The molecular weight excluding hydrogens is 606 g/mol. The van der Waals surface area contributed by atoms with E-state index in [2.05, 4.69) is 90.3 Å². The van der Waals surface area contributed by atoms with Crippen molar-refractivity contribution in [3.8, 4) is 0 Å². The summed E-state index contributed by atoms with van der Waals surface area (Å²) in [5.41, 5.74) is 9.56. The predicted molar refractivity (Wildman–Crippen MR) is 119 cm³/mol. The summed E-state index contributed by atoms with van der Waals surface area (Å²) >= 11 is 2.04. The fraction of sp³-hybridized carbons (Fsp3) is 0.455. The van der Waals surface area contributed by atoms with E-state index in [1.807, 2.05) is 6.66 Å². The van der Waals surface area contributed by atoms with Crippen molar-refractivity contribution < 1.29 is 44.9 Å². The second-order valence-corrected chi connectivity index (χ2v) is 34.1. The average Bonchev–Trinajstić information content (AvgIpc) is 3.19. The Morgan fingerprint density at radius 3 is 1.43 bits per heavy atom. The first-order valence-corrected chi connectivity index (χ1v) is 22.8. The van der Waals surface area contributed by atoms with Gasteiger partial charge in [0.25, 0.3) is 0 Å². The summed E-state index contributed by atoms with van der Waals surface area (Å²) in [6.07, 6.45) is 5.04. The SMILES string of the molecule is CC1=[C]([Hf+2]([C]2=C(C)C=C3SC(C)C(C)=C32)=[Si](C)C)C2=C(C)C(C)SC2=C1.[Cl-].[Cl-]. The van der Waals surface area contributed by atoms with Gasteiger partial charge in [0, 0.05) is 0 Å². The van der Waals surface area contributed by atoms with Gasteiger partial charge >= 0.3 is 176 Å². The van der Waals surface area contributed by atoms with Crippen LogP contribution in [0.5, 0.6) is 0 Å². The molecule has 2 heterocycles. The molecular formula is C22H28Cl2HfS2Si. The maximum Gasteiger partial charge on any atom is -1.00 e. The van der Waals surface area contributed by atoms with E-state index in [9.17, 15) is 0 Å². The molecule has 0 radical (unpaired) electrons. The third-order valence-electron chi connectivity index (χ3n) is 6.09. The minimum atomic E-state index is -2.14. The molecule has 0 amide bonds. The summed E-state index contributed by atoms with van der Waals surface area (Å²) < 4.78 is 3.74. The molecule has 4 aliphatic rings. The molecule has 0 saturated carbocycles. The molecule has 2 unspecified atom stereocenters. The van der Waals surface area contributed by atoms with Crippen LogP contribution in [0, 0.1) is 0 Å².